The zero-order valence-electron chi connectivity index (χ0n) is 12.1. The summed E-state index contributed by atoms with van der Waals surface area (Å²) in [5.41, 5.74) is 7.58. The van der Waals surface area contributed by atoms with Crippen LogP contribution in [0.25, 0.3) is 0 Å². The summed E-state index contributed by atoms with van der Waals surface area (Å²) < 4.78 is 10.5. The van der Waals surface area contributed by atoms with Gasteiger partial charge in [-0.05, 0) is 37.5 Å². The Morgan fingerprint density at radius 3 is 2.95 bits per heavy atom. The molecule has 0 radical (unpaired) electrons. The molecule has 110 valence electrons. The molecular weight excluding hydrogens is 256 g/mol. The van der Waals surface area contributed by atoms with Crippen molar-refractivity contribution in [2.45, 2.75) is 25.4 Å². The van der Waals surface area contributed by atoms with Gasteiger partial charge in [0.25, 0.3) is 0 Å². The average Bonchev–Trinajstić information content (AvgIpc) is 2.48. The first-order chi connectivity index (χ1) is 9.61. The molecule has 0 bridgehead atoms. The summed E-state index contributed by atoms with van der Waals surface area (Å²) in [4.78, 5) is 13.7. The molecule has 1 fully saturated rings. The molecule has 1 aromatic carbocycles. The van der Waals surface area contributed by atoms with E-state index in [0.717, 1.165) is 31.7 Å². The molecule has 1 aliphatic heterocycles. The van der Waals surface area contributed by atoms with Crippen molar-refractivity contribution >= 4 is 17.3 Å². The fourth-order valence-electron chi connectivity index (χ4n) is 2.43. The maximum Gasteiger partial charge on any atom is 0.340 e. The first-order valence-corrected chi connectivity index (χ1v) is 6.92. The second-order valence-electron chi connectivity index (χ2n) is 5.13. The molecule has 1 atom stereocenters. The summed E-state index contributed by atoms with van der Waals surface area (Å²) in [7, 11) is 3.35. The van der Waals surface area contributed by atoms with Crippen molar-refractivity contribution in [1.29, 1.82) is 0 Å². The van der Waals surface area contributed by atoms with E-state index in [1.807, 2.05) is 13.1 Å². The molecule has 1 unspecified atom stereocenters. The van der Waals surface area contributed by atoms with Crippen molar-refractivity contribution in [2.24, 2.45) is 0 Å². The lowest BCUT2D eigenvalue weighted by molar-refractivity contribution is 0.0216. The van der Waals surface area contributed by atoms with E-state index in [2.05, 4.69) is 4.90 Å². The van der Waals surface area contributed by atoms with Crippen LogP contribution in [0, 0.1) is 0 Å². The van der Waals surface area contributed by atoms with Crippen LogP contribution in [0.3, 0.4) is 0 Å². The summed E-state index contributed by atoms with van der Waals surface area (Å²) in [5.74, 6) is -0.410. The highest BCUT2D eigenvalue weighted by molar-refractivity contribution is 5.96. The lowest BCUT2D eigenvalue weighted by Gasteiger charge is -2.29. The number of benzene rings is 1. The molecule has 1 aromatic rings. The van der Waals surface area contributed by atoms with Crippen molar-refractivity contribution in [2.75, 3.05) is 37.9 Å². The smallest absolute Gasteiger partial charge is 0.340 e. The van der Waals surface area contributed by atoms with Gasteiger partial charge in [0.2, 0.25) is 0 Å². The van der Waals surface area contributed by atoms with Crippen molar-refractivity contribution in [3.63, 3.8) is 0 Å². The summed E-state index contributed by atoms with van der Waals surface area (Å²) in [6.45, 7) is 1.65. The van der Waals surface area contributed by atoms with Gasteiger partial charge in [0.15, 0.2) is 0 Å². The normalized spacial score (nSPS) is 18.6. The highest BCUT2D eigenvalue weighted by atomic mass is 16.5. The Labute approximate surface area is 119 Å². The molecule has 0 aromatic heterocycles. The number of rotatable bonds is 4. The molecule has 0 saturated carbocycles. The Balaban J connectivity index is 2.09. The quantitative estimate of drug-likeness (QED) is 0.674. The molecule has 20 heavy (non-hydrogen) atoms. The van der Waals surface area contributed by atoms with Gasteiger partial charge >= 0.3 is 5.97 Å². The molecule has 0 amide bonds. The molecular formula is C15H22N2O3. The fraction of sp³-hybridized carbons (Fsp3) is 0.533. The zero-order valence-corrected chi connectivity index (χ0v) is 12.1. The highest BCUT2D eigenvalue weighted by Crippen LogP contribution is 2.23. The molecule has 0 spiro atoms. The second-order valence-corrected chi connectivity index (χ2v) is 5.13. The maximum absolute atomic E-state index is 11.7. The van der Waals surface area contributed by atoms with E-state index in [-0.39, 0.29) is 6.10 Å². The topological polar surface area (TPSA) is 64.8 Å². The monoisotopic (exact) mass is 278 g/mol. The van der Waals surface area contributed by atoms with E-state index in [9.17, 15) is 4.79 Å². The molecule has 2 N–H and O–H groups in total. The standard InChI is InChI=1S/C15H22N2O3/c1-17(10-12-5-3-4-8-20-12)11-6-7-14(16)13(9-11)15(18)19-2/h6-7,9,12H,3-5,8,10,16H2,1-2H3. The Kier molecular flexibility index (Phi) is 4.84. The Morgan fingerprint density at radius 2 is 2.30 bits per heavy atom. The fourth-order valence-corrected chi connectivity index (χ4v) is 2.43. The molecule has 2 rings (SSSR count). The van der Waals surface area contributed by atoms with E-state index < -0.39 is 5.97 Å². The summed E-state index contributed by atoms with van der Waals surface area (Å²) in [6.07, 6.45) is 3.71. The van der Waals surface area contributed by atoms with Crippen LogP contribution in [-0.4, -0.2) is 39.4 Å². The van der Waals surface area contributed by atoms with Gasteiger partial charge in [-0.2, -0.15) is 0 Å². The number of methoxy groups -OCH3 is 1. The van der Waals surface area contributed by atoms with Crippen LogP contribution in [0.5, 0.6) is 0 Å². The van der Waals surface area contributed by atoms with Crippen LogP contribution in [0.1, 0.15) is 29.6 Å². The van der Waals surface area contributed by atoms with Crippen LogP contribution >= 0.6 is 0 Å². The van der Waals surface area contributed by atoms with Gasteiger partial charge in [0.1, 0.15) is 0 Å². The molecule has 1 aliphatic rings. The molecule has 1 saturated heterocycles. The van der Waals surface area contributed by atoms with Crippen LogP contribution in [0.2, 0.25) is 0 Å². The van der Waals surface area contributed by atoms with Gasteiger partial charge < -0.3 is 20.1 Å². The Bertz CT molecular complexity index is 470. The first kappa shape index (κ1) is 14.7. The number of nitrogens with zero attached hydrogens (tertiary/aromatic N) is 1. The Morgan fingerprint density at radius 1 is 1.50 bits per heavy atom. The Hall–Kier alpha value is -1.75. The number of esters is 1. The van der Waals surface area contributed by atoms with E-state index in [1.165, 1.54) is 13.5 Å². The SMILES string of the molecule is COC(=O)c1cc(N(C)CC2CCCCO2)ccc1N. The third kappa shape index (κ3) is 3.42. The number of ether oxygens (including phenoxy) is 2. The molecule has 1 heterocycles. The number of hydrogen-bond donors (Lipinski definition) is 1. The van der Waals surface area contributed by atoms with Gasteiger partial charge in [-0.15, -0.1) is 0 Å². The lowest BCUT2D eigenvalue weighted by atomic mass is 10.1. The number of anilines is 2. The number of likely N-dealkylation sites (N-methyl/N-ethyl adjacent to an activating group) is 1. The van der Waals surface area contributed by atoms with Crippen LogP contribution < -0.4 is 10.6 Å². The van der Waals surface area contributed by atoms with Crippen molar-refractivity contribution in [3.8, 4) is 0 Å². The van der Waals surface area contributed by atoms with Crippen LogP contribution in [-0.2, 0) is 9.47 Å². The minimum absolute atomic E-state index is 0.257. The number of carbonyl (C=O) groups excluding carboxylic acids is 1. The minimum atomic E-state index is -0.410. The van der Waals surface area contributed by atoms with E-state index in [1.54, 1.807) is 12.1 Å². The molecule has 0 aliphatic carbocycles. The number of nitrogen functional groups attached to an aromatic ring is 1. The van der Waals surface area contributed by atoms with Gasteiger partial charge in [-0.3, -0.25) is 0 Å². The van der Waals surface area contributed by atoms with Crippen molar-refractivity contribution in [1.82, 2.24) is 0 Å². The van der Waals surface area contributed by atoms with Crippen molar-refractivity contribution in [3.05, 3.63) is 23.8 Å². The van der Waals surface area contributed by atoms with Gasteiger partial charge in [0, 0.05) is 31.6 Å². The van der Waals surface area contributed by atoms with E-state index >= 15 is 0 Å². The van der Waals surface area contributed by atoms with Gasteiger partial charge in [0.05, 0.1) is 18.8 Å². The highest BCUT2D eigenvalue weighted by Gasteiger charge is 2.17. The summed E-state index contributed by atoms with van der Waals surface area (Å²) in [5, 5.41) is 0. The maximum atomic E-state index is 11.7. The van der Waals surface area contributed by atoms with Crippen LogP contribution in [0.4, 0.5) is 11.4 Å². The summed E-state index contributed by atoms with van der Waals surface area (Å²) >= 11 is 0. The molecule has 5 nitrogen and oxygen atoms in total. The number of nitrogens with two attached hydrogens (primary N) is 1. The third-order valence-corrected chi connectivity index (χ3v) is 3.63. The van der Waals surface area contributed by atoms with Crippen molar-refractivity contribution < 1.29 is 14.3 Å². The predicted octanol–water partition coefficient (Wildman–Crippen LogP) is 2.06. The lowest BCUT2D eigenvalue weighted by Crippen LogP contribution is -2.33. The number of hydrogen-bond acceptors (Lipinski definition) is 5. The molecule has 5 heteroatoms. The van der Waals surface area contributed by atoms with E-state index in [4.69, 9.17) is 15.2 Å². The van der Waals surface area contributed by atoms with Gasteiger partial charge in [-0.25, -0.2) is 4.79 Å². The van der Waals surface area contributed by atoms with Crippen LogP contribution in [0.15, 0.2) is 18.2 Å². The summed E-state index contributed by atoms with van der Waals surface area (Å²) in [6, 6.07) is 5.41. The van der Waals surface area contributed by atoms with Gasteiger partial charge in [-0.1, -0.05) is 0 Å². The minimum Gasteiger partial charge on any atom is -0.465 e. The predicted molar refractivity (Wildman–Crippen MR) is 79.1 cm³/mol. The largest absolute Gasteiger partial charge is 0.465 e. The average molecular weight is 278 g/mol. The number of carbonyl (C=O) groups is 1. The second kappa shape index (κ2) is 6.61. The third-order valence-electron chi connectivity index (χ3n) is 3.63. The van der Waals surface area contributed by atoms with E-state index in [0.29, 0.717) is 11.3 Å². The first-order valence-electron chi connectivity index (χ1n) is 6.92. The zero-order chi connectivity index (χ0) is 14.5.